The number of carbonyl (C=O) groups is 1. The molecule has 122 valence electrons. The van der Waals surface area contributed by atoms with E-state index < -0.39 is 0 Å². The average Bonchev–Trinajstić information content (AvgIpc) is 2.56. The van der Waals surface area contributed by atoms with Crippen molar-refractivity contribution in [1.29, 1.82) is 0 Å². The van der Waals surface area contributed by atoms with Gasteiger partial charge in [0.05, 0.1) is 6.61 Å². The first kappa shape index (κ1) is 17.7. The molecule has 0 aliphatic carbocycles. The molecule has 0 unspecified atom stereocenters. The molecule has 23 heavy (non-hydrogen) atoms. The van der Waals surface area contributed by atoms with Crippen LogP contribution in [0.3, 0.4) is 0 Å². The quantitative estimate of drug-likeness (QED) is 0.444. The van der Waals surface area contributed by atoms with Gasteiger partial charge in [-0.2, -0.15) is 0 Å². The van der Waals surface area contributed by atoms with Gasteiger partial charge in [0.15, 0.2) is 5.78 Å². The van der Waals surface area contributed by atoms with Crippen molar-refractivity contribution in [3.05, 3.63) is 58.6 Å². The van der Waals surface area contributed by atoms with Gasteiger partial charge in [-0.05, 0) is 41.3 Å². The molecule has 0 amide bonds. The van der Waals surface area contributed by atoms with Crippen molar-refractivity contribution in [3.8, 4) is 11.1 Å². The van der Waals surface area contributed by atoms with E-state index in [0.29, 0.717) is 18.1 Å². The number of rotatable bonds is 8. The highest BCUT2D eigenvalue weighted by atomic mass is 35.5. The zero-order valence-electron chi connectivity index (χ0n) is 13.8. The highest BCUT2D eigenvalue weighted by molar-refractivity contribution is 6.30. The molecule has 0 saturated heterocycles. The molecule has 0 atom stereocenters. The summed E-state index contributed by atoms with van der Waals surface area (Å²) in [6, 6.07) is 13.6. The van der Waals surface area contributed by atoms with E-state index >= 15 is 0 Å². The molecule has 0 radical (unpaired) electrons. The fraction of sp³-hybridized carbons (Fsp3) is 0.350. The predicted molar refractivity (Wildman–Crippen MR) is 96.1 cm³/mol. The van der Waals surface area contributed by atoms with E-state index in [-0.39, 0.29) is 5.78 Å². The van der Waals surface area contributed by atoms with E-state index in [0.717, 1.165) is 41.5 Å². The summed E-state index contributed by atoms with van der Waals surface area (Å²) in [6.45, 7) is 2.62. The minimum absolute atomic E-state index is 0.207. The Bertz CT molecular complexity index is 647. The van der Waals surface area contributed by atoms with Crippen molar-refractivity contribution >= 4 is 17.4 Å². The molecule has 0 aliphatic rings. The van der Waals surface area contributed by atoms with Gasteiger partial charge < -0.3 is 4.74 Å². The summed E-state index contributed by atoms with van der Waals surface area (Å²) in [5, 5.41) is 0.713. The Labute approximate surface area is 143 Å². The van der Waals surface area contributed by atoms with Crippen LogP contribution in [0.15, 0.2) is 42.5 Å². The van der Waals surface area contributed by atoms with Crippen molar-refractivity contribution < 1.29 is 9.53 Å². The van der Waals surface area contributed by atoms with Gasteiger partial charge in [0.2, 0.25) is 0 Å². The number of ether oxygens (including phenoxy) is 1. The maximum atomic E-state index is 12.3. The first-order valence-corrected chi connectivity index (χ1v) is 8.44. The van der Waals surface area contributed by atoms with Gasteiger partial charge in [0, 0.05) is 24.1 Å². The number of Topliss-reactive ketones (excluding diaryl/α,β-unsaturated/α-hetero) is 1. The van der Waals surface area contributed by atoms with Crippen LogP contribution in [-0.2, 0) is 11.3 Å². The molecule has 0 bridgehead atoms. The minimum atomic E-state index is 0.207. The van der Waals surface area contributed by atoms with Gasteiger partial charge in [-0.15, -0.1) is 0 Å². The van der Waals surface area contributed by atoms with Crippen LogP contribution in [0.2, 0.25) is 5.02 Å². The fourth-order valence-corrected chi connectivity index (χ4v) is 2.76. The Kier molecular flexibility index (Phi) is 6.82. The van der Waals surface area contributed by atoms with Crippen molar-refractivity contribution in [2.75, 3.05) is 7.11 Å². The lowest BCUT2D eigenvalue weighted by Crippen LogP contribution is -2.02. The number of ketones is 1. The largest absolute Gasteiger partial charge is 0.380 e. The first-order chi connectivity index (χ1) is 11.2. The van der Waals surface area contributed by atoms with Gasteiger partial charge in [-0.1, -0.05) is 55.6 Å². The molecule has 3 heteroatoms. The van der Waals surface area contributed by atoms with Crippen LogP contribution in [-0.4, -0.2) is 12.9 Å². The molecule has 0 saturated carbocycles. The molecular formula is C20H23ClO2. The summed E-state index contributed by atoms with van der Waals surface area (Å²) in [4.78, 5) is 12.3. The number of hydrogen-bond acceptors (Lipinski definition) is 2. The highest BCUT2D eigenvalue weighted by Crippen LogP contribution is 2.27. The molecule has 0 N–H and O–H groups in total. The lowest BCUT2D eigenvalue weighted by molar-refractivity contribution is 0.0979. The van der Waals surface area contributed by atoms with Crippen LogP contribution in [0.5, 0.6) is 0 Å². The Morgan fingerprint density at radius 3 is 2.48 bits per heavy atom. The Morgan fingerprint density at radius 1 is 1.09 bits per heavy atom. The standard InChI is InChI=1S/C20H23ClO2/c1-3-4-5-6-20(22)16-9-12-19(17(13-16)14-23-2)15-7-10-18(21)11-8-15/h7-13H,3-6,14H2,1-2H3. The monoisotopic (exact) mass is 330 g/mol. The third-order valence-electron chi connectivity index (χ3n) is 3.89. The average molecular weight is 331 g/mol. The highest BCUT2D eigenvalue weighted by Gasteiger charge is 2.11. The summed E-state index contributed by atoms with van der Waals surface area (Å²) in [5.74, 6) is 0.207. The van der Waals surface area contributed by atoms with Gasteiger partial charge in [0.25, 0.3) is 0 Å². The number of methoxy groups -OCH3 is 1. The molecule has 0 heterocycles. The fourth-order valence-electron chi connectivity index (χ4n) is 2.63. The van der Waals surface area contributed by atoms with Crippen LogP contribution in [0, 0.1) is 0 Å². The lowest BCUT2D eigenvalue weighted by atomic mass is 9.95. The van der Waals surface area contributed by atoms with Crippen LogP contribution in [0.4, 0.5) is 0 Å². The smallest absolute Gasteiger partial charge is 0.162 e. The van der Waals surface area contributed by atoms with Gasteiger partial charge >= 0.3 is 0 Å². The van der Waals surface area contributed by atoms with Crippen LogP contribution in [0.25, 0.3) is 11.1 Å². The topological polar surface area (TPSA) is 26.3 Å². The zero-order chi connectivity index (χ0) is 16.7. The summed E-state index contributed by atoms with van der Waals surface area (Å²) < 4.78 is 5.31. The van der Waals surface area contributed by atoms with Crippen LogP contribution < -0.4 is 0 Å². The third kappa shape index (κ3) is 4.92. The molecule has 0 fully saturated rings. The van der Waals surface area contributed by atoms with Gasteiger partial charge in [-0.3, -0.25) is 4.79 Å². The van der Waals surface area contributed by atoms with E-state index in [1.54, 1.807) is 7.11 Å². The van der Waals surface area contributed by atoms with Gasteiger partial charge in [-0.25, -0.2) is 0 Å². The minimum Gasteiger partial charge on any atom is -0.380 e. The van der Waals surface area contributed by atoms with Crippen LogP contribution >= 0.6 is 11.6 Å². The number of hydrogen-bond donors (Lipinski definition) is 0. The zero-order valence-corrected chi connectivity index (χ0v) is 14.5. The maximum absolute atomic E-state index is 12.3. The normalized spacial score (nSPS) is 10.7. The molecule has 0 spiro atoms. The maximum Gasteiger partial charge on any atom is 0.162 e. The molecule has 2 rings (SSSR count). The summed E-state index contributed by atoms with van der Waals surface area (Å²) in [6.07, 6.45) is 3.78. The number of unbranched alkanes of at least 4 members (excludes halogenated alkanes) is 2. The second-order valence-electron chi connectivity index (χ2n) is 5.69. The molecule has 0 aromatic heterocycles. The van der Waals surface area contributed by atoms with Crippen molar-refractivity contribution in [2.24, 2.45) is 0 Å². The number of benzene rings is 2. The first-order valence-electron chi connectivity index (χ1n) is 8.06. The van der Waals surface area contributed by atoms with Gasteiger partial charge in [0.1, 0.15) is 0 Å². The van der Waals surface area contributed by atoms with E-state index in [4.69, 9.17) is 16.3 Å². The summed E-state index contributed by atoms with van der Waals surface area (Å²) in [7, 11) is 1.67. The van der Waals surface area contributed by atoms with Crippen LogP contribution in [0.1, 0.15) is 48.5 Å². The second kappa shape index (κ2) is 8.85. The number of carbonyl (C=O) groups excluding carboxylic acids is 1. The molecule has 0 aliphatic heterocycles. The Balaban J connectivity index is 2.27. The van der Waals surface area contributed by atoms with E-state index in [1.165, 1.54) is 0 Å². The second-order valence-corrected chi connectivity index (χ2v) is 6.13. The predicted octanol–water partition coefficient (Wildman–Crippen LogP) is 5.92. The molecular weight excluding hydrogens is 308 g/mol. The number of halogens is 1. The van der Waals surface area contributed by atoms with E-state index in [1.807, 2.05) is 42.5 Å². The lowest BCUT2D eigenvalue weighted by Gasteiger charge is -2.11. The Hall–Kier alpha value is -1.64. The van der Waals surface area contributed by atoms with E-state index in [2.05, 4.69) is 6.92 Å². The SMILES string of the molecule is CCCCCC(=O)c1ccc(-c2ccc(Cl)cc2)c(COC)c1. The van der Waals surface area contributed by atoms with Crippen molar-refractivity contribution in [2.45, 2.75) is 39.2 Å². The third-order valence-corrected chi connectivity index (χ3v) is 4.14. The molecule has 2 nitrogen and oxygen atoms in total. The van der Waals surface area contributed by atoms with E-state index in [9.17, 15) is 4.79 Å². The molecule has 2 aromatic rings. The molecule has 2 aromatic carbocycles. The summed E-state index contributed by atoms with van der Waals surface area (Å²) >= 11 is 5.96. The van der Waals surface area contributed by atoms with Crippen molar-refractivity contribution in [3.63, 3.8) is 0 Å². The summed E-state index contributed by atoms with van der Waals surface area (Å²) in [5.41, 5.74) is 3.95. The Morgan fingerprint density at radius 2 is 1.83 bits per heavy atom. The van der Waals surface area contributed by atoms with Crippen molar-refractivity contribution in [1.82, 2.24) is 0 Å².